The van der Waals surface area contributed by atoms with Crippen molar-refractivity contribution in [1.82, 2.24) is 0 Å². The first-order valence-corrected chi connectivity index (χ1v) is 5.92. The maximum Gasteiger partial charge on any atom is 0.0673 e. The van der Waals surface area contributed by atoms with Crippen LogP contribution in [0.3, 0.4) is 0 Å². The molecule has 0 heterocycles. The molecule has 1 heteroatoms. The minimum atomic E-state index is -0.333. The van der Waals surface area contributed by atoms with E-state index in [9.17, 15) is 5.11 Å². The summed E-state index contributed by atoms with van der Waals surface area (Å²) in [7, 11) is 0. The van der Waals surface area contributed by atoms with Crippen LogP contribution >= 0.6 is 0 Å². The molecule has 0 saturated heterocycles. The van der Waals surface area contributed by atoms with Crippen LogP contribution in [0.1, 0.15) is 52.4 Å². The van der Waals surface area contributed by atoms with Gasteiger partial charge in [-0.05, 0) is 49.9 Å². The molecule has 1 N–H and O–H groups in total. The molecule has 0 spiro atoms. The fraction of sp³-hybridized carbons (Fsp3) is 1.00. The molecule has 3 atom stereocenters. The summed E-state index contributed by atoms with van der Waals surface area (Å²) in [5.74, 6) is 2.44. The van der Waals surface area contributed by atoms with E-state index in [4.69, 9.17) is 0 Å². The van der Waals surface area contributed by atoms with Gasteiger partial charge in [0, 0.05) is 0 Å². The summed E-state index contributed by atoms with van der Waals surface area (Å²) in [6.45, 7) is 4.27. The smallest absolute Gasteiger partial charge is 0.0673 e. The molecule has 13 heavy (non-hydrogen) atoms. The zero-order valence-electron chi connectivity index (χ0n) is 8.92. The Bertz CT molecular complexity index is 184. The van der Waals surface area contributed by atoms with Crippen LogP contribution in [-0.4, -0.2) is 10.7 Å². The summed E-state index contributed by atoms with van der Waals surface area (Å²) >= 11 is 0. The van der Waals surface area contributed by atoms with Crippen molar-refractivity contribution in [3.05, 3.63) is 0 Å². The molecule has 3 unspecified atom stereocenters. The first-order chi connectivity index (χ1) is 6.19. The van der Waals surface area contributed by atoms with Crippen LogP contribution in [0, 0.1) is 17.8 Å². The Morgan fingerprint density at radius 2 is 1.85 bits per heavy atom. The van der Waals surface area contributed by atoms with Crippen LogP contribution in [0.15, 0.2) is 0 Å². The number of rotatable bonds is 3. The summed E-state index contributed by atoms with van der Waals surface area (Å²) < 4.78 is 0. The van der Waals surface area contributed by atoms with Gasteiger partial charge in [0.05, 0.1) is 5.60 Å². The molecule has 0 aromatic rings. The molecule has 2 rings (SSSR count). The predicted octanol–water partition coefficient (Wildman–Crippen LogP) is 2.97. The highest BCUT2D eigenvalue weighted by molar-refractivity contribution is 4.98. The average Bonchev–Trinajstić information content (AvgIpc) is 2.77. The second-order valence-corrected chi connectivity index (χ2v) is 5.09. The summed E-state index contributed by atoms with van der Waals surface area (Å²) in [6.07, 6.45) is 7.42. The van der Waals surface area contributed by atoms with Gasteiger partial charge in [0.2, 0.25) is 0 Å². The lowest BCUT2D eigenvalue weighted by molar-refractivity contribution is -0.0468. The quantitative estimate of drug-likeness (QED) is 0.711. The topological polar surface area (TPSA) is 20.2 Å². The van der Waals surface area contributed by atoms with Gasteiger partial charge < -0.3 is 5.11 Å². The highest BCUT2D eigenvalue weighted by Crippen LogP contribution is 2.53. The lowest BCUT2D eigenvalue weighted by Crippen LogP contribution is -2.39. The van der Waals surface area contributed by atoms with Crippen LogP contribution in [0.2, 0.25) is 0 Å². The summed E-state index contributed by atoms with van der Waals surface area (Å²) in [5.41, 5.74) is -0.333. The van der Waals surface area contributed by atoms with Crippen LogP contribution in [0.4, 0.5) is 0 Å². The number of hydrogen-bond donors (Lipinski definition) is 1. The van der Waals surface area contributed by atoms with Gasteiger partial charge >= 0.3 is 0 Å². The van der Waals surface area contributed by atoms with E-state index in [0.717, 1.165) is 24.7 Å². The van der Waals surface area contributed by atoms with Gasteiger partial charge in [0.1, 0.15) is 0 Å². The minimum absolute atomic E-state index is 0.333. The van der Waals surface area contributed by atoms with E-state index < -0.39 is 0 Å². The van der Waals surface area contributed by atoms with Gasteiger partial charge in [-0.15, -0.1) is 0 Å². The van der Waals surface area contributed by atoms with Crippen molar-refractivity contribution in [2.75, 3.05) is 0 Å². The Morgan fingerprint density at radius 1 is 1.15 bits per heavy atom. The Morgan fingerprint density at radius 3 is 2.23 bits per heavy atom. The van der Waals surface area contributed by atoms with Crippen molar-refractivity contribution in [1.29, 1.82) is 0 Å². The second-order valence-electron chi connectivity index (χ2n) is 5.09. The maximum absolute atomic E-state index is 10.5. The number of fused-ring (bicyclic) bond motifs is 2. The Balaban J connectivity index is 2.08. The lowest BCUT2D eigenvalue weighted by atomic mass is 9.73. The molecule has 0 aromatic heterocycles. The van der Waals surface area contributed by atoms with E-state index in [1.807, 2.05) is 0 Å². The molecule has 76 valence electrons. The standard InChI is InChI=1S/C12H22O/c1-3-12(13,4-2)11-8-9-5-6-10(11)7-9/h9-11,13H,3-8H2,1-2H3. The van der Waals surface area contributed by atoms with E-state index in [1.165, 1.54) is 25.7 Å². The third kappa shape index (κ3) is 1.41. The molecular formula is C12H22O. The molecule has 0 amide bonds. The first-order valence-electron chi connectivity index (χ1n) is 5.92. The van der Waals surface area contributed by atoms with Crippen molar-refractivity contribution in [2.24, 2.45) is 17.8 Å². The largest absolute Gasteiger partial charge is 0.390 e. The molecule has 1 nitrogen and oxygen atoms in total. The van der Waals surface area contributed by atoms with Gasteiger partial charge in [0.15, 0.2) is 0 Å². The Labute approximate surface area is 81.5 Å². The average molecular weight is 182 g/mol. The van der Waals surface area contributed by atoms with E-state index in [2.05, 4.69) is 13.8 Å². The maximum atomic E-state index is 10.5. The first kappa shape index (κ1) is 9.51. The van der Waals surface area contributed by atoms with Gasteiger partial charge in [-0.25, -0.2) is 0 Å². The summed E-state index contributed by atoms with van der Waals surface area (Å²) in [5, 5.41) is 10.5. The van der Waals surface area contributed by atoms with Gasteiger partial charge in [-0.3, -0.25) is 0 Å². The fourth-order valence-electron chi connectivity index (χ4n) is 3.68. The normalized spacial score (nSPS) is 38.5. The lowest BCUT2D eigenvalue weighted by Gasteiger charge is -2.37. The zero-order valence-corrected chi connectivity index (χ0v) is 8.92. The van der Waals surface area contributed by atoms with Crippen LogP contribution < -0.4 is 0 Å². The second kappa shape index (κ2) is 3.27. The number of hydrogen-bond acceptors (Lipinski definition) is 1. The van der Waals surface area contributed by atoms with Crippen LogP contribution in [0.25, 0.3) is 0 Å². The zero-order chi connectivity index (χ0) is 9.47. The van der Waals surface area contributed by atoms with Crippen molar-refractivity contribution in [3.63, 3.8) is 0 Å². The third-order valence-electron chi connectivity index (χ3n) is 4.65. The highest BCUT2D eigenvalue weighted by Gasteiger charge is 2.47. The molecule has 2 aliphatic carbocycles. The summed E-state index contributed by atoms with van der Waals surface area (Å²) in [4.78, 5) is 0. The Kier molecular flexibility index (Phi) is 2.39. The Hall–Kier alpha value is -0.0400. The fourth-order valence-corrected chi connectivity index (χ4v) is 3.68. The minimum Gasteiger partial charge on any atom is -0.390 e. The molecule has 2 fully saturated rings. The molecule has 0 aliphatic heterocycles. The van der Waals surface area contributed by atoms with Crippen molar-refractivity contribution in [2.45, 2.75) is 58.0 Å². The van der Waals surface area contributed by atoms with Gasteiger partial charge in [-0.2, -0.15) is 0 Å². The molecule has 2 saturated carbocycles. The molecule has 0 radical (unpaired) electrons. The highest BCUT2D eigenvalue weighted by atomic mass is 16.3. The molecule has 0 aromatic carbocycles. The molecule has 2 bridgehead atoms. The SMILES string of the molecule is CCC(O)(CC)C1CC2CCC1C2. The van der Waals surface area contributed by atoms with E-state index in [-0.39, 0.29) is 5.60 Å². The van der Waals surface area contributed by atoms with Crippen molar-refractivity contribution in [3.8, 4) is 0 Å². The van der Waals surface area contributed by atoms with Crippen molar-refractivity contribution >= 4 is 0 Å². The van der Waals surface area contributed by atoms with Crippen LogP contribution in [-0.2, 0) is 0 Å². The van der Waals surface area contributed by atoms with Gasteiger partial charge in [-0.1, -0.05) is 20.3 Å². The molecule has 2 aliphatic rings. The van der Waals surface area contributed by atoms with E-state index in [0.29, 0.717) is 5.92 Å². The third-order valence-corrected chi connectivity index (χ3v) is 4.65. The number of aliphatic hydroxyl groups is 1. The van der Waals surface area contributed by atoms with E-state index >= 15 is 0 Å². The van der Waals surface area contributed by atoms with Gasteiger partial charge in [0.25, 0.3) is 0 Å². The van der Waals surface area contributed by atoms with E-state index in [1.54, 1.807) is 0 Å². The van der Waals surface area contributed by atoms with Crippen LogP contribution in [0.5, 0.6) is 0 Å². The molecular weight excluding hydrogens is 160 g/mol. The monoisotopic (exact) mass is 182 g/mol. The predicted molar refractivity (Wildman–Crippen MR) is 54.5 cm³/mol. The summed E-state index contributed by atoms with van der Waals surface area (Å²) in [6, 6.07) is 0. The van der Waals surface area contributed by atoms with Crippen molar-refractivity contribution < 1.29 is 5.11 Å².